The molecule has 3 rings (SSSR count). The van der Waals surface area contributed by atoms with E-state index in [4.69, 9.17) is 33.3 Å². The number of anilines is 1. The minimum absolute atomic E-state index is 0.181. The van der Waals surface area contributed by atoms with Gasteiger partial charge < -0.3 is 9.47 Å². The molecular formula is C18H14ClNO3S2. The second-order valence-corrected chi connectivity index (χ2v) is 7.26. The Hall–Kier alpha value is -2.02. The molecule has 0 aromatic heterocycles. The van der Waals surface area contributed by atoms with E-state index in [1.165, 1.54) is 16.7 Å². The summed E-state index contributed by atoms with van der Waals surface area (Å²) in [6.45, 7) is 0. The molecule has 2 aromatic rings. The second kappa shape index (κ2) is 7.47. The van der Waals surface area contributed by atoms with E-state index in [2.05, 4.69) is 0 Å². The van der Waals surface area contributed by atoms with Crippen molar-refractivity contribution in [3.05, 3.63) is 58.0 Å². The van der Waals surface area contributed by atoms with Gasteiger partial charge in [0.05, 0.1) is 24.8 Å². The van der Waals surface area contributed by atoms with E-state index in [0.29, 0.717) is 31.4 Å². The van der Waals surface area contributed by atoms with Crippen LogP contribution in [0.2, 0.25) is 5.02 Å². The van der Waals surface area contributed by atoms with Gasteiger partial charge in [-0.05, 0) is 42.0 Å². The predicted molar refractivity (Wildman–Crippen MR) is 107 cm³/mol. The Morgan fingerprint density at radius 1 is 1.12 bits per heavy atom. The van der Waals surface area contributed by atoms with Crippen LogP contribution in [0.1, 0.15) is 5.56 Å². The number of thioether (sulfide) groups is 1. The Morgan fingerprint density at radius 2 is 1.80 bits per heavy atom. The normalized spacial score (nSPS) is 15.8. The minimum atomic E-state index is -0.181. The standard InChI is InChI=1S/C18H14ClNO3S2/c1-22-14-6-11(7-15(10-14)23-2)8-16-17(21)20(18(24)25-16)13-5-3-4-12(19)9-13/h3-10H,1-2H3. The van der Waals surface area contributed by atoms with Crippen LogP contribution >= 0.6 is 35.6 Å². The molecule has 0 spiro atoms. The molecule has 0 unspecified atom stereocenters. The van der Waals surface area contributed by atoms with Gasteiger partial charge in [-0.15, -0.1) is 0 Å². The van der Waals surface area contributed by atoms with Gasteiger partial charge in [-0.2, -0.15) is 0 Å². The summed E-state index contributed by atoms with van der Waals surface area (Å²) in [5.41, 5.74) is 1.45. The first kappa shape index (κ1) is 17.8. The molecule has 0 N–H and O–H groups in total. The number of halogens is 1. The molecule has 25 heavy (non-hydrogen) atoms. The van der Waals surface area contributed by atoms with E-state index in [1.807, 2.05) is 12.1 Å². The molecule has 0 radical (unpaired) electrons. The predicted octanol–water partition coefficient (Wildman–Crippen LogP) is 4.76. The van der Waals surface area contributed by atoms with Crippen molar-refractivity contribution in [3.63, 3.8) is 0 Å². The zero-order valence-corrected chi connectivity index (χ0v) is 15.9. The summed E-state index contributed by atoms with van der Waals surface area (Å²) in [4.78, 5) is 14.8. The quantitative estimate of drug-likeness (QED) is 0.554. The van der Waals surface area contributed by atoms with Gasteiger partial charge in [-0.3, -0.25) is 9.69 Å². The third kappa shape index (κ3) is 3.81. The van der Waals surface area contributed by atoms with Crippen LogP contribution in [0.4, 0.5) is 5.69 Å². The van der Waals surface area contributed by atoms with Gasteiger partial charge in [0.1, 0.15) is 11.5 Å². The van der Waals surface area contributed by atoms with Crippen LogP contribution in [-0.4, -0.2) is 24.4 Å². The highest BCUT2D eigenvalue weighted by Gasteiger charge is 2.33. The van der Waals surface area contributed by atoms with Crippen molar-refractivity contribution in [2.75, 3.05) is 19.1 Å². The molecule has 128 valence electrons. The van der Waals surface area contributed by atoms with Crippen LogP contribution in [-0.2, 0) is 4.79 Å². The lowest BCUT2D eigenvalue weighted by Gasteiger charge is -2.14. The molecule has 0 atom stereocenters. The molecule has 0 bridgehead atoms. The van der Waals surface area contributed by atoms with Crippen molar-refractivity contribution in [3.8, 4) is 11.5 Å². The zero-order valence-electron chi connectivity index (χ0n) is 13.5. The SMILES string of the molecule is COc1cc(C=C2SC(=S)N(c3cccc(Cl)c3)C2=O)cc(OC)c1. The van der Waals surface area contributed by atoms with Crippen LogP contribution in [0.5, 0.6) is 11.5 Å². The third-order valence-electron chi connectivity index (χ3n) is 3.53. The van der Waals surface area contributed by atoms with E-state index in [1.54, 1.807) is 50.6 Å². The maximum atomic E-state index is 12.8. The molecule has 1 fully saturated rings. The van der Waals surface area contributed by atoms with Crippen LogP contribution in [0.25, 0.3) is 6.08 Å². The first-order valence-corrected chi connectivity index (χ1v) is 8.88. The summed E-state index contributed by atoms with van der Waals surface area (Å²) < 4.78 is 11.0. The molecule has 1 heterocycles. The maximum Gasteiger partial charge on any atom is 0.270 e. The van der Waals surface area contributed by atoms with Crippen molar-refractivity contribution in [1.29, 1.82) is 0 Å². The van der Waals surface area contributed by atoms with Crippen molar-refractivity contribution in [1.82, 2.24) is 0 Å². The van der Waals surface area contributed by atoms with Crippen molar-refractivity contribution < 1.29 is 14.3 Å². The Bertz CT molecular complexity index is 860. The molecule has 1 aliphatic heterocycles. The first-order valence-electron chi connectivity index (χ1n) is 7.28. The summed E-state index contributed by atoms with van der Waals surface area (Å²) in [5.74, 6) is 1.12. The van der Waals surface area contributed by atoms with E-state index in [9.17, 15) is 4.79 Å². The minimum Gasteiger partial charge on any atom is -0.497 e. The molecule has 0 aliphatic carbocycles. The smallest absolute Gasteiger partial charge is 0.270 e. The molecular weight excluding hydrogens is 378 g/mol. The molecule has 1 saturated heterocycles. The van der Waals surface area contributed by atoms with Crippen LogP contribution in [0.15, 0.2) is 47.4 Å². The summed E-state index contributed by atoms with van der Waals surface area (Å²) in [6.07, 6.45) is 1.77. The van der Waals surface area contributed by atoms with Crippen LogP contribution in [0, 0.1) is 0 Å². The van der Waals surface area contributed by atoms with E-state index in [0.717, 1.165) is 5.56 Å². The first-order chi connectivity index (χ1) is 12.0. The number of carbonyl (C=O) groups excluding carboxylic acids is 1. The number of thiocarbonyl (C=S) groups is 1. The van der Waals surface area contributed by atoms with Gasteiger partial charge >= 0.3 is 0 Å². The van der Waals surface area contributed by atoms with Gasteiger partial charge in [0.2, 0.25) is 0 Å². The Kier molecular flexibility index (Phi) is 5.32. The van der Waals surface area contributed by atoms with Gasteiger partial charge in [-0.1, -0.05) is 41.6 Å². The number of benzene rings is 2. The van der Waals surface area contributed by atoms with E-state index in [-0.39, 0.29) is 5.91 Å². The number of rotatable bonds is 4. The topological polar surface area (TPSA) is 38.8 Å². The fourth-order valence-corrected chi connectivity index (χ4v) is 3.85. The molecule has 1 aliphatic rings. The Balaban J connectivity index is 1.95. The molecule has 0 saturated carbocycles. The number of nitrogens with zero attached hydrogens (tertiary/aromatic N) is 1. The lowest BCUT2D eigenvalue weighted by molar-refractivity contribution is -0.113. The van der Waals surface area contributed by atoms with Crippen molar-refractivity contribution in [2.45, 2.75) is 0 Å². The van der Waals surface area contributed by atoms with Gasteiger partial charge in [-0.25, -0.2) is 0 Å². The largest absolute Gasteiger partial charge is 0.497 e. The van der Waals surface area contributed by atoms with Gasteiger partial charge in [0.25, 0.3) is 5.91 Å². The number of ether oxygens (including phenoxy) is 2. The van der Waals surface area contributed by atoms with E-state index < -0.39 is 0 Å². The van der Waals surface area contributed by atoms with Crippen LogP contribution < -0.4 is 14.4 Å². The molecule has 7 heteroatoms. The second-order valence-electron chi connectivity index (χ2n) is 5.14. The molecule has 2 aromatic carbocycles. The average molecular weight is 392 g/mol. The molecule has 1 amide bonds. The third-order valence-corrected chi connectivity index (χ3v) is 5.07. The summed E-state index contributed by atoms with van der Waals surface area (Å²) in [5, 5.41) is 0.549. The lowest BCUT2D eigenvalue weighted by Crippen LogP contribution is -2.27. The van der Waals surface area contributed by atoms with Gasteiger partial charge in [0.15, 0.2) is 4.32 Å². The fraction of sp³-hybridized carbons (Fsp3) is 0.111. The lowest BCUT2D eigenvalue weighted by atomic mass is 10.2. The van der Waals surface area contributed by atoms with Crippen molar-refractivity contribution in [2.24, 2.45) is 0 Å². The number of carbonyl (C=O) groups is 1. The van der Waals surface area contributed by atoms with Gasteiger partial charge in [0, 0.05) is 11.1 Å². The summed E-state index contributed by atoms with van der Waals surface area (Å²) in [6, 6.07) is 12.5. The highest BCUT2D eigenvalue weighted by Crippen LogP contribution is 2.37. The van der Waals surface area contributed by atoms with Crippen LogP contribution in [0.3, 0.4) is 0 Å². The maximum absolute atomic E-state index is 12.8. The Morgan fingerprint density at radius 3 is 2.40 bits per heavy atom. The highest BCUT2D eigenvalue weighted by atomic mass is 35.5. The number of methoxy groups -OCH3 is 2. The monoisotopic (exact) mass is 391 g/mol. The Labute approximate surface area is 160 Å². The highest BCUT2D eigenvalue weighted by molar-refractivity contribution is 8.27. The molecule has 4 nitrogen and oxygen atoms in total. The van der Waals surface area contributed by atoms with E-state index >= 15 is 0 Å². The fourth-order valence-electron chi connectivity index (χ4n) is 2.37. The number of hydrogen-bond donors (Lipinski definition) is 0. The van der Waals surface area contributed by atoms with Crippen molar-refractivity contribution >= 4 is 57.6 Å². The summed E-state index contributed by atoms with van der Waals surface area (Å²) >= 11 is 12.6. The summed E-state index contributed by atoms with van der Waals surface area (Å²) in [7, 11) is 3.16. The zero-order chi connectivity index (χ0) is 18.0. The number of amides is 1. The average Bonchev–Trinajstić information content (AvgIpc) is 2.88. The number of hydrogen-bond acceptors (Lipinski definition) is 5.